The van der Waals surface area contributed by atoms with E-state index in [4.69, 9.17) is 5.73 Å². The van der Waals surface area contributed by atoms with Crippen LogP contribution in [-0.2, 0) is 13.0 Å². The zero-order valence-electron chi connectivity index (χ0n) is 11.2. The minimum absolute atomic E-state index is 0.0271. The number of benzene rings is 1. The van der Waals surface area contributed by atoms with E-state index in [1.54, 1.807) is 6.33 Å². The lowest BCUT2D eigenvalue weighted by Crippen LogP contribution is -2.19. The summed E-state index contributed by atoms with van der Waals surface area (Å²) in [5, 5.41) is 4.18. The summed E-state index contributed by atoms with van der Waals surface area (Å²) < 4.78 is 1.90. The van der Waals surface area contributed by atoms with Gasteiger partial charge in [0.1, 0.15) is 12.2 Å². The molecule has 0 saturated carbocycles. The second kappa shape index (κ2) is 5.31. The maximum atomic E-state index is 6.33. The molecule has 18 heavy (non-hydrogen) atoms. The van der Waals surface area contributed by atoms with Gasteiger partial charge in [-0.2, -0.15) is 5.10 Å². The van der Waals surface area contributed by atoms with Crippen LogP contribution in [0, 0.1) is 13.8 Å². The highest BCUT2D eigenvalue weighted by molar-refractivity contribution is 5.36. The van der Waals surface area contributed by atoms with Crippen LogP contribution in [0.1, 0.15) is 35.5 Å². The number of nitrogens with zero attached hydrogens (tertiary/aromatic N) is 3. The van der Waals surface area contributed by atoms with Gasteiger partial charge in [0.2, 0.25) is 0 Å². The Kier molecular flexibility index (Phi) is 3.77. The van der Waals surface area contributed by atoms with E-state index in [9.17, 15) is 0 Å². The molecule has 1 unspecified atom stereocenters. The summed E-state index contributed by atoms with van der Waals surface area (Å²) >= 11 is 0. The Hall–Kier alpha value is -1.68. The molecule has 0 bridgehead atoms. The fraction of sp³-hybridized carbons (Fsp3) is 0.429. The zero-order chi connectivity index (χ0) is 13.1. The van der Waals surface area contributed by atoms with Gasteiger partial charge in [-0.15, -0.1) is 0 Å². The molecule has 0 fully saturated rings. The molecule has 4 heteroatoms. The molecule has 0 aliphatic rings. The van der Waals surface area contributed by atoms with Crippen molar-refractivity contribution < 1.29 is 0 Å². The predicted octanol–water partition coefficient (Wildman–Crippen LogP) is 2.16. The topological polar surface area (TPSA) is 56.7 Å². The minimum Gasteiger partial charge on any atom is -0.324 e. The molecule has 0 aliphatic carbocycles. The van der Waals surface area contributed by atoms with Crippen molar-refractivity contribution in [2.75, 3.05) is 0 Å². The summed E-state index contributed by atoms with van der Waals surface area (Å²) in [6.45, 7) is 7.09. The van der Waals surface area contributed by atoms with Crippen LogP contribution in [0.2, 0.25) is 0 Å². The average Bonchev–Trinajstić information content (AvgIpc) is 2.76. The Morgan fingerprint density at radius 3 is 2.56 bits per heavy atom. The van der Waals surface area contributed by atoms with Gasteiger partial charge in [0, 0.05) is 19.0 Å². The first-order chi connectivity index (χ1) is 8.63. The Morgan fingerprint density at radius 2 is 1.94 bits per heavy atom. The van der Waals surface area contributed by atoms with E-state index >= 15 is 0 Å². The summed E-state index contributed by atoms with van der Waals surface area (Å²) in [6, 6.07) is 6.25. The van der Waals surface area contributed by atoms with Gasteiger partial charge < -0.3 is 5.73 Å². The highest BCUT2D eigenvalue weighted by Gasteiger charge is 2.15. The maximum Gasteiger partial charge on any atom is 0.138 e. The third kappa shape index (κ3) is 2.43. The Labute approximate surface area is 108 Å². The van der Waals surface area contributed by atoms with Gasteiger partial charge in [-0.3, -0.25) is 4.68 Å². The van der Waals surface area contributed by atoms with Crippen LogP contribution < -0.4 is 5.73 Å². The van der Waals surface area contributed by atoms with Crippen LogP contribution in [0.4, 0.5) is 0 Å². The fourth-order valence-electron chi connectivity index (χ4n) is 2.42. The number of hydrogen-bond acceptors (Lipinski definition) is 3. The van der Waals surface area contributed by atoms with Crippen molar-refractivity contribution in [2.24, 2.45) is 5.73 Å². The van der Waals surface area contributed by atoms with Crippen LogP contribution in [0.25, 0.3) is 0 Å². The van der Waals surface area contributed by atoms with Gasteiger partial charge in [-0.25, -0.2) is 4.98 Å². The molecule has 1 atom stereocenters. The lowest BCUT2D eigenvalue weighted by atomic mass is 9.94. The van der Waals surface area contributed by atoms with E-state index in [0.29, 0.717) is 0 Å². The van der Waals surface area contributed by atoms with Crippen LogP contribution >= 0.6 is 0 Å². The molecule has 2 aromatic rings. The molecule has 0 aliphatic heterocycles. The highest BCUT2D eigenvalue weighted by atomic mass is 15.3. The van der Waals surface area contributed by atoms with Crippen molar-refractivity contribution in [1.82, 2.24) is 14.8 Å². The molecule has 4 nitrogen and oxygen atoms in total. The van der Waals surface area contributed by atoms with E-state index < -0.39 is 0 Å². The zero-order valence-corrected chi connectivity index (χ0v) is 11.2. The number of aromatic nitrogens is 3. The van der Waals surface area contributed by atoms with Crippen molar-refractivity contribution in [3.05, 3.63) is 47.0 Å². The van der Waals surface area contributed by atoms with E-state index in [-0.39, 0.29) is 6.04 Å². The van der Waals surface area contributed by atoms with Crippen molar-refractivity contribution in [3.63, 3.8) is 0 Å². The van der Waals surface area contributed by atoms with Gasteiger partial charge in [0.05, 0.1) is 0 Å². The summed E-state index contributed by atoms with van der Waals surface area (Å²) in [6.07, 6.45) is 2.32. The van der Waals surface area contributed by atoms with Gasteiger partial charge in [-0.05, 0) is 37.5 Å². The van der Waals surface area contributed by atoms with E-state index in [2.05, 4.69) is 49.1 Å². The summed E-state index contributed by atoms with van der Waals surface area (Å²) in [7, 11) is 0. The Bertz CT molecular complexity index is 510. The number of hydrogen-bond donors (Lipinski definition) is 1. The Morgan fingerprint density at radius 1 is 1.28 bits per heavy atom. The molecule has 1 aromatic heterocycles. The van der Waals surface area contributed by atoms with Crippen LogP contribution in [0.5, 0.6) is 0 Å². The summed E-state index contributed by atoms with van der Waals surface area (Å²) in [5.41, 5.74) is 10.0. The first kappa shape index (κ1) is 12.8. The molecule has 2 rings (SSSR count). The smallest absolute Gasteiger partial charge is 0.138 e. The molecule has 0 radical (unpaired) electrons. The molecule has 0 spiro atoms. The fourth-order valence-corrected chi connectivity index (χ4v) is 2.42. The monoisotopic (exact) mass is 244 g/mol. The first-order valence-electron chi connectivity index (χ1n) is 6.31. The number of nitrogens with two attached hydrogens (primary N) is 1. The molecule has 0 amide bonds. The van der Waals surface area contributed by atoms with Gasteiger partial charge >= 0.3 is 0 Å². The van der Waals surface area contributed by atoms with Crippen LogP contribution in [0.15, 0.2) is 24.5 Å². The van der Waals surface area contributed by atoms with E-state index in [1.807, 2.05) is 4.68 Å². The normalized spacial score (nSPS) is 12.7. The molecular weight excluding hydrogens is 224 g/mol. The van der Waals surface area contributed by atoms with Gasteiger partial charge in [0.15, 0.2) is 0 Å². The third-order valence-electron chi connectivity index (χ3n) is 3.31. The van der Waals surface area contributed by atoms with E-state index in [0.717, 1.165) is 18.8 Å². The highest BCUT2D eigenvalue weighted by Crippen LogP contribution is 2.22. The maximum absolute atomic E-state index is 6.33. The summed E-state index contributed by atoms with van der Waals surface area (Å²) in [5.74, 6) is 0.952. The summed E-state index contributed by atoms with van der Waals surface area (Å²) in [4.78, 5) is 4.28. The number of rotatable bonds is 4. The largest absolute Gasteiger partial charge is 0.324 e. The van der Waals surface area contributed by atoms with Crippen LogP contribution in [-0.4, -0.2) is 14.8 Å². The third-order valence-corrected chi connectivity index (χ3v) is 3.31. The van der Waals surface area contributed by atoms with Gasteiger partial charge in [0.25, 0.3) is 0 Å². The Balaban J connectivity index is 2.25. The lowest BCUT2D eigenvalue weighted by Gasteiger charge is -2.17. The first-order valence-corrected chi connectivity index (χ1v) is 6.31. The standard InChI is InChI=1S/C14H20N4/c1-4-18-13(16-9-17-18)8-12(15)14-10(2)6-5-7-11(14)3/h5-7,9,12H,4,8,15H2,1-3H3. The molecule has 96 valence electrons. The molecular formula is C14H20N4. The number of aryl methyl sites for hydroxylation is 3. The lowest BCUT2D eigenvalue weighted by molar-refractivity contribution is 0.579. The van der Waals surface area contributed by atoms with Crippen molar-refractivity contribution in [2.45, 2.75) is 39.8 Å². The van der Waals surface area contributed by atoms with Crippen molar-refractivity contribution >= 4 is 0 Å². The van der Waals surface area contributed by atoms with Crippen molar-refractivity contribution in [1.29, 1.82) is 0 Å². The minimum atomic E-state index is -0.0271. The molecule has 0 saturated heterocycles. The van der Waals surface area contributed by atoms with Crippen LogP contribution in [0.3, 0.4) is 0 Å². The van der Waals surface area contributed by atoms with Crippen molar-refractivity contribution in [3.8, 4) is 0 Å². The van der Waals surface area contributed by atoms with Gasteiger partial charge in [-0.1, -0.05) is 18.2 Å². The molecule has 1 aromatic carbocycles. The van der Waals surface area contributed by atoms with E-state index in [1.165, 1.54) is 16.7 Å². The second-order valence-corrected chi connectivity index (χ2v) is 4.61. The second-order valence-electron chi connectivity index (χ2n) is 4.61. The quantitative estimate of drug-likeness (QED) is 0.896. The SMILES string of the molecule is CCn1ncnc1CC(N)c1c(C)cccc1C. The average molecular weight is 244 g/mol. The molecule has 1 heterocycles. The predicted molar refractivity (Wildman–Crippen MR) is 72.2 cm³/mol. The molecule has 2 N–H and O–H groups in total.